The minimum absolute atomic E-state index is 0.0144. The molecule has 0 N–H and O–H groups in total. The van der Waals surface area contributed by atoms with Gasteiger partial charge in [0.05, 0.1) is 12.0 Å². The predicted octanol–water partition coefficient (Wildman–Crippen LogP) is 2.84. The summed E-state index contributed by atoms with van der Waals surface area (Å²) in [5.74, 6) is -0.518. The highest BCUT2D eigenvalue weighted by atomic mass is 32.1. The highest BCUT2D eigenvalue weighted by Crippen LogP contribution is 2.31. The van der Waals surface area contributed by atoms with Crippen LogP contribution in [0.4, 0.5) is 0 Å². The quantitative estimate of drug-likeness (QED) is 0.814. The van der Waals surface area contributed by atoms with Gasteiger partial charge in [-0.05, 0) is 30.9 Å². The predicted molar refractivity (Wildman–Crippen MR) is 80.2 cm³/mol. The van der Waals surface area contributed by atoms with E-state index >= 15 is 0 Å². The number of fused-ring (bicyclic) bond motifs is 1. The van der Waals surface area contributed by atoms with Gasteiger partial charge in [-0.25, -0.2) is 0 Å². The SMILES string of the molecule is CCN(CC(=O)OC)C(=O)c1sc2ccccc2c1C. The Morgan fingerprint density at radius 3 is 2.60 bits per heavy atom. The topological polar surface area (TPSA) is 46.6 Å². The van der Waals surface area contributed by atoms with Crippen molar-refractivity contribution in [2.75, 3.05) is 20.2 Å². The summed E-state index contributed by atoms with van der Waals surface area (Å²) >= 11 is 1.47. The maximum atomic E-state index is 12.5. The maximum Gasteiger partial charge on any atom is 0.325 e. The van der Waals surface area contributed by atoms with Crippen molar-refractivity contribution in [1.82, 2.24) is 4.90 Å². The van der Waals surface area contributed by atoms with Crippen molar-refractivity contribution in [2.24, 2.45) is 0 Å². The molecule has 0 aliphatic carbocycles. The molecule has 2 aromatic rings. The first-order valence-electron chi connectivity index (χ1n) is 6.42. The molecule has 2 rings (SSSR count). The number of rotatable bonds is 4. The van der Waals surface area contributed by atoms with E-state index in [1.165, 1.54) is 23.3 Å². The van der Waals surface area contributed by atoms with E-state index in [0.717, 1.165) is 15.6 Å². The van der Waals surface area contributed by atoms with Gasteiger partial charge >= 0.3 is 5.97 Å². The Morgan fingerprint density at radius 2 is 2.00 bits per heavy atom. The van der Waals surface area contributed by atoms with Crippen LogP contribution >= 0.6 is 11.3 Å². The Morgan fingerprint density at radius 1 is 1.30 bits per heavy atom. The molecule has 1 amide bonds. The summed E-state index contributed by atoms with van der Waals surface area (Å²) in [6, 6.07) is 7.93. The van der Waals surface area contributed by atoms with Crippen LogP contribution in [0.25, 0.3) is 10.1 Å². The molecule has 0 aliphatic heterocycles. The van der Waals surface area contributed by atoms with Crippen LogP contribution in [0, 0.1) is 6.92 Å². The van der Waals surface area contributed by atoms with Crippen LogP contribution in [-0.2, 0) is 9.53 Å². The fourth-order valence-corrected chi connectivity index (χ4v) is 3.25. The normalized spacial score (nSPS) is 10.6. The van der Waals surface area contributed by atoms with Crippen molar-refractivity contribution >= 4 is 33.3 Å². The van der Waals surface area contributed by atoms with Crippen molar-refractivity contribution < 1.29 is 14.3 Å². The first-order chi connectivity index (χ1) is 9.58. The number of benzene rings is 1. The van der Waals surface area contributed by atoms with Gasteiger partial charge in [-0.2, -0.15) is 0 Å². The zero-order valence-electron chi connectivity index (χ0n) is 11.8. The Hall–Kier alpha value is -1.88. The molecule has 0 fully saturated rings. The van der Waals surface area contributed by atoms with Gasteiger partial charge in [0.25, 0.3) is 5.91 Å². The summed E-state index contributed by atoms with van der Waals surface area (Å²) in [7, 11) is 1.32. The molecule has 0 spiro atoms. The molecule has 20 heavy (non-hydrogen) atoms. The van der Waals surface area contributed by atoms with E-state index in [0.29, 0.717) is 11.4 Å². The lowest BCUT2D eigenvalue weighted by molar-refractivity contribution is -0.141. The van der Waals surface area contributed by atoms with Gasteiger partial charge in [-0.1, -0.05) is 18.2 Å². The van der Waals surface area contributed by atoms with E-state index < -0.39 is 5.97 Å². The van der Waals surface area contributed by atoms with Crippen molar-refractivity contribution in [1.29, 1.82) is 0 Å². The van der Waals surface area contributed by atoms with E-state index in [1.807, 2.05) is 38.1 Å². The van der Waals surface area contributed by atoms with Gasteiger partial charge in [0.15, 0.2) is 0 Å². The van der Waals surface area contributed by atoms with Crippen LogP contribution in [0.2, 0.25) is 0 Å². The second kappa shape index (κ2) is 6.05. The van der Waals surface area contributed by atoms with Crippen LogP contribution in [0.5, 0.6) is 0 Å². The highest BCUT2D eigenvalue weighted by Gasteiger charge is 2.22. The zero-order chi connectivity index (χ0) is 14.7. The molecule has 1 heterocycles. The number of hydrogen-bond donors (Lipinski definition) is 0. The molecule has 0 saturated heterocycles. The lowest BCUT2D eigenvalue weighted by Crippen LogP contribution is -2.35. The minimum atomic E-state index is -0.404. The summed E-state index contributed by atoms with van der Waals surface area (Å²) in [6.45, 7) is 4.25. The van der Waals surface area contributed by atoms with Gasteiger partial charge < -0.3 is 9.64 Å². The van der Waals surface area contributed by atoms with Crippen LogP contribution in [0.1, 0.15) is 22.2 Å². The number of methoxy groups -OCH3 is 1. The molecule has 0 bridgehead atoms. The van der Waals surface area contributed by atoms with Gasteiger partial charge in [-0.15, -0.1) is 11.3 Å². The largest absolute Gasteiger partial charge is 0.468 e. The van der Waals surface area contributed by atoms with Crippen molar-refractivity contribution in [3.05, 3.63) is 34.7 Å². The molecule has 1 aromatic heterocycles. The van der Waals surface area contributed by atoms with E-state index in [2.05, 4.69) is 4.74 Å². The number of likely N-dealkylation sites (N-methyl/N-ethyl adjacent to an activating group) is 1. The van der Waals surface area contributed by atoms with Gasteiger partial charge in [0, 0.05) is 11.2 Å². The summed E-state index contributed by atoms with van der Waals surface area (Å²) in [6.07, 6.45) is 0. The van der Waals surface area contributed by atoms with E-state index in [-0.39, 0.29) is 12.5 Å². The lowest BCUT2D eigenvalue weighted by atomic mass is 10.1. The third-order valence-electron chi connectivity index (χ3n) is 3.25. The van der Waals surface area contributed by atoms with E-state index in [9.17, 15) is 9.59 Å². The molecular formula is C15H17NO3S. The molecule has 0 saturated carbocycles. The first kappa shape index (κ1) is 14.5. The average Bonchev–Trinajstić information content (AvgIpc) is 2.81. The third kappa shape index (κ3) is 2.67. The average molecular weight is 291 g/mol. The molecule has 0 radical (unpaired) electrons. The monoisotopic (exact) mass is 291 g/mol. The van der Waals surface area contributed by atoms with Gasteiger partial charge in [0.1, 0.15) is 6.54 Å². The number of esters is 1. The fourth-order valence-electron chi connectivity index (χ4n) is 2.07. The fraction of sp³-hybridized carbons (Fsp3) is 0.333. The Labute approximate surface area is 122 Å². The number of ether oxygens (including phenoxy) is 1. The molecule has 4 nitrogen and oxygen atoms in total. The molecule has 0 unspecified atom stereocenters. The van der Waals surface area contributed by atoms with Crippen LogP contribution in [0.3, 0.4) is 0 Å². The molecular weight excluding hydrogens is 274 g/mol. The number of thiophene rings is 1. The van der Waals surface area contributed by atoms with Crippen LogP contribution in [-0.4, -0.2) is 37.0 Å². The molecule has 0 atom stereocenters. The zero-order valence-corrected chi connectivity index (χ0v) is 12.6. The number of aryl methyl sites for hydroxylation is 1. The Balaban J connectivity index is 2.34. The van der Waals surface area contributed by atoms with Crippen molar-refractivity contribution in [3.8, 4) is 0 Å². The first-order valence-corrected chi connectivity index (χ1v) is 7.24. The smallest absolute Gasteiger partial charge is 0.325 e. The number of amides is 1. The lowest BCUT2D eigenvalue weighted by Gasteiger charge is -2.18. The van der Waals surface area contributed by atoms with Gasteiger partial charge in [0.2, 0.25) is 0 Å². The van der Waals surface area contributed by atoms with E-state index in [1.54, 1.807) is 0 Å². The Kier molecular flexibility index (Phi) is 4.39. The van der Waals surface area contributed by atoms with Crippen molar-refractivity contribution in [2.45, 2.75) is 13.8 Å². The molecule has 106 valence electrons. The van der Waals surface area contributed by atoms with Crippen LogP contribution < -0.4 is 0 Å². The molecule has 0 aliphatic rings. The number of carbonyl (C=O) groups excluding carboxylic acids is 2. The number of carbonyl (C=O) groups is 2. The maximum absolute atomic E-state index is 12.5. The third-order valence-corrected chi connectivity index (χ3v) is 4.52. The summed E-state index contributed by atoms with van der Waals surface area (Å²) in [4.78, 5) is 26.1. The van der Waals surface area contributed by atoms with Gasteiger partial charge in [-0.3, -0.25) is 9.59 Å². The summed E-state index contributed by atoms with van der Waals surface area (Å²) < 4.78 is 5.71. The Bertz CT molecular complexity index is 648. The highest BCUT2D eigenvalue weighted by molar-refractivity contribution is 7.21. The number of hydrogen-bond acceptors (Lipinski definition) is 4. The minimum Gasteiger partial charge on any atom is -0.468 e. The number of nitrogens with zero attached hydrogens (tertiary/aromatic N) is 1. The van der Waals surface area contributed by atoms with Crippen LogP contribution in [0.15, 0.2) is 24.3 Å². The molecule has 5 heteroatoms. The van der Waals surface area contributed by atoms with Crippen molar-refractivity contribution in [3.63, 3.8) is 0 Å². The molecule has 1 aromatic carbocycles. The second-order valence-electron chi connectivity index (χ2n) is 4.45. The standard InChI is InChI=1S/C15H17NO3S/c1-4-16(9-13(17)19-3)15(18)14-10(2)11-7-5-6-8-12(11)20-14/h5-8H,4,9H2,1-3H3. The summed E-state index contributed by atoms with van der Waals surface area (Å²) in [5.41, 5.74) is 0.971. The van der Waals surface area contributed by atoms with E-state index in [4.69, 9.17) is 0 Å². The summed E-state index contributed by atoms with van der Waals surface area (Å²) in [5, 5.41) is 1.09. The second-order valence-corrected chi connectivity index (χ2v) is 5.50.